The van der Waals surface area contributed by atoms with Gasteiger partial charge in [-0.1, -0.05) is 78.9 Å². The van der Waals surface area contributed by atoms with Crippen LogP contribution in [0.15, 0.2) is 85.1 Å². The van der Waals surface area contributed by atoms with E-state index in [2.05, 4.69) is 96.3 Å². The molecule has 25 heavy (non-hydrogen) atoms. The van der Waals surface area contributed by atoms with Crippen molar-refractivity contribution in [3.63, 3.8) is 0 Å². The topological polar surface area (TPSA) is 17.8 Å². The van der Waals surface area contributed by atoms with Crippen LogP contribution in [-0.2, 0) is 7.05 Å². The molecule has 3 aromatic carbocycles. The number of hydrogen-bond acceptors (Lipinski definition) is 1. The monoisotopic (exact) mass is 324 g/mol. The maximum Gasteiger partial charge on any atom is 0.140 e. The Hall–Kier alpha value is -3.13. The van der Waals surface area contributed by atoms with Gasteiger partial charge in [0.25, 0.3) is 0 Å². The van der Waals surface area contributed by atoms with Crippen molar-refractivity contribution < 1.29 is 0 Å². The first-order valence-electron chi connectivity index (χ1n) is 8.47. The van der Waals surface area contributed by atoms with Gasteiger partial charge in [-0.05, 0) is 29.2 Å². The maximum absolute atomic E-state index is 4.67. The van der Waals surface area contributed by atoms with Crippen molar-refractivity contribution in [2.75, 3.05) is 0 Å². The summed E-state index contributed by atoms with van der Waals surface area (Å²) in [6.07, 6.45) is 1.96. The molecule has 0 saturated heterocycles. The quantitative estimate of drug-likeness (QED) is 0.470. The lowest BCUT2D eigenvalue weighted by atomic mass is 10.0. The third-order valence-electron chi connectivity index (χ3n) is 4.66. The number of aryl methyl sites for hydroxylation is 1. The van der Waals surface area contributed by atoms with Gasteiger partial charge in [-0.2, -0.15) is 0 Å². The van der Waals surface area contributed by atoms with Gasteiger partial charge in [0.15, 0.2) is 0 Å². The molecule has 2 heteroatoms. The van der Waals surface area contributed by atoms with Crippen molar-refractivity contribution >= 4 is 0 Å². The van der Waals surface area contributed by atoms with Gasteiger partial charge in [-0.25, -0.2) is 4.98 Å². The van der Waals surface area contributed by atoms with Crippen molar-refractivity contribution in [2.24, 2.45) is 7.05 Å². The van der Waals surface area contributed by atoms with Crippen LogP contribution in [0, 0.1) is 6.92 Å². The predicted molar refractivity (Wildman–Crippen MR) is 104 cm³/mol. The van der Waals surface area contributed by atoms with Gasteiger partial charge in [0.2, 0.25) is 0 Å². The van der Waals surface area contributed by atoms with E-state index in [1.807, 2.05) is 12.3 Å². The van der Waals surface area contributed by atoms with E-state index in [0.717, 1.165) is 11.5 Å². The van der Waals surface area contributed by atoms with Crippen LogP contribution >= 0.6 is 0 Å². The molecule has 1 heterocycles. The Kier molecular flexibility index (Phi) is 3.95. The molecule has 0 radical (unpaired) electrons. The van der Waals surface area contributed by atoms with E-state index in [0.29, 0.717) is 0 Å². The molecule has 0 fully saturated rings. The van der Waals surface area contributed by atoms with Crippen LogP contribution in [0.1, 0.15) is 5.56 Å². The number of rotatable bonds is 3. The van der Waals surface area contributed by atoms with Crippen molar-refractivity contribution in [3.05, 3.63) is 90.6 Å². The lowest BCUT2D eigenvalue weighted by Gasteiger charge is -2.09. The summed E-state index contributed by atoms with van der Waals surface area (Å²) < 4.78 is 2.17. The number of hydrogen-bond donors (Lipinski definition) is 0. The number of aromatic nitrogens is 2. The lowest BCUT2D eigenvalue weighted by molar-refractivity contribution is 0.931. The summed E-state index contributed by atoms with van der Waals surface area (Å²) in [4.78, 5) is 4.67. The first kappa shape index (κ1) is 15.4. The van der Waals surface area contributed by atoms with Crippen LogP contribution in [0.25, 0.3) is 33.8 Å². The zero-order chi connectivity index (χ0) is 17.2. The molecule has 4 rings (SSSR count). The summed E-state index contributed by atoms with van der Waals surface area (Å²) in [5.74, 6) is 1.00. The number of imidazole rings is 1. The van der Waals surface area contributed by atoms with E-state index < -0.39 is 0 Å². The highest BCUT2D eigenvalue weighted by molar-refractivity contribution is 5.71. The van der Waals surface area contributed by atoms with Crippen molar-refractivity contribution in [1.29, 1.82) is 0 Å². The summed E-state index contributed by atoms with van der Waals surface area (Å²) in [5.41, 5.74) is 7.18. The molecule has 0 N–H and O–H groups in total. The average Bonchev–Trinajstić information content (AvgIpc) is 3.04. The Labute approximate surface area is 148 Å². The molecule has 4 aromatic rings. The number of benzene rings is 3. The summed E-state index contributed by atoms with van der Waals surface area (Å²) in [7, 11) is 2.08. The van der Waals surface area contributed by atoms with Gasteiger partial charge in [0.05, 0.1) is 11.9 Å². The molecule has 0 amide bonds. The largest absolute Gasteiger partial charge is 0.327 e. The molecule has 0 spiro atoms. The molecule has 0 atom stereocenters. The van der Waals surface area contributed by atoms with Gasteiger partial charge >= 0.3 is 0 Å². The zero-order valence-electron chi connectivity index (χ0n) is 14.5. The second-order valence-corrected chi connectivity index (χ2v) is 6.28. The third kappa shape index (κ3) is 2.87. The highest BCUT2D eigenvalue weighted by atomic mass is 15.1. The van der Waals surface area contributed by atoms with E-state index in [1.165, 1.54) is 27.8 Å². The molecule has 0 saturated carbocycles. The van der Waals surface area contributed by atoms with Crippen molar-refractivity contribution in [2.45, 2.75) is 6.92 Å². The molecule has 122 valence electrons. The fourth-order valence-corrected chi connectivity index (χ4v) is 3.22. The van der Waals surface area contributed by atoms with Gasteiger partial charge in [-0.15, -0.1) is 0 Å². The van der Waals surface area contributed by atoms with Crippen molar-refractivity contribution in [3.8, 4) is 33.8 Å². The standard InChI is InChI=1S/C23H20N2/c1-17-8-6-7-11-21(17)23-24-16-22(25(23)2)20-14-12-19(13-15-20)18-9-4-3-5-10-18/h3-16H,1-2H3. The molecule has 0 aliphatic carbocycles. The molecule has 2 nitrogen and oxygen atoms in total. The van der Waals surface area contributed by atoms with Crippen LogP contribution in [0.4, 0.5) is 0 Å². The summed E-state index contributed by atoms with van der Waals surface area (Å²) in [5, 5.41) is 0. The van der Waals surface area contributed by atoms with Gasteiger partial charge in [0.1, 0.15) is 5.82 Å². The first-order valence-corrected chi connectivity index (χ1v) is 8.47. The fourth-order valence-electron chi connectivity index (χ4n) is 3.22. The summed E-state index contributed by atoms with van der Waals surface area (Å²) >= 11 is 0. The fraction of sp³-hybridized carbons (Fsp3) is 0.0870. The number of nitrogens with zero attached hydrogens (tertiary/aromatic N) is 2. The minimum atomic E-state index is 1.00. The normalized spacial score (nSPS) is 10.8. The van der Waals surface area contributed by atoms with E-state index in [9.17, 15) is 0 Å². The van der Waals surface area contributed by atoms with E-state index in [-0.39, 0.29) is 0 Å². The van der Waals surface area contributed by atoms with Crippen LogP contribution < -0.4 is 0 Å². The minimum Gasteiger partial charge on any atom is -0.327 e. The second kappa shape index (κ2) is 6.40. The maximum atomic E-state index is 4.67. The molecular weight excluding hydrogens is 304 g/mol. The summed E-state index contributed by atoms with van der Waals surface area (Å²) in [6.45, 7) is 2.12. The van der Waals surface area contributed by atoms with Gasteiger partial charge in [0, 0.05) is 12.6 Å². The molecule has 0 aliphatic rings. The van der Waals surface area contributed by atoms with Crippen LogP contribution in [-0.4, -0.2) is 9.55 Å². The van der Waals surface area contributed by atoms with E-state index in [1.54, 1.807) is 0 Å². The molecule has 0 aliphatic heterocycles. The Balaban J connectivity index is 1.71. The Morgan fingerprint density at radius 3 is 2.00 bits per heavy atom. The van der Waals surface area contributed by atoms with E-state index >= 15 is 0 Å². The molecular formula is C23H20N2. The lowest BCUT2D eigenvalue weighted by Crippen LogP contribution is -1.96. The second-order valence-electron chi connectivity index (χ2n) is 6.28. The average molecular weight is 324 g/mol. The smallest absolute Gasteiger partial charge is 0.140 e. The van der Waals surface area contributed by atoms with Crippen LogP contribution in [0.5, 0.6) is 0 Å². The van der Waals surface area contributed by atoms with Crippen LogP contribution in [0.3, 0.4) is 0 Å². The Morgan fingerprint density at radius 1 is 0.680 bits per heavy atom. The first-order chi connectivity index (χ1) is 12.2. The minimum absolute atomic E-state index is 1.00. The molecule has 0 unspecified atom stereocenters. The third-order valence-corrected chi connectivity index (χ3v) is 4.66. The van der Waals surface area contributed by atoms with Gasteiger partial charge < -0.3 is 4.57 Å². The predicted octanol–water partition coefficient (Wildman–Crippen LogP) is 5.73. The Morgan fingerprint density at radius 2 is 1.28 bits per heavy atom. The SMILES string of the molecule is Cc1ccccc1-c1ncc(-c2ccc(-c3ccccc3)cc2)n1C. The Bertz CT molecular complexity index is 996. The summed E-state index contributed by atoms with van der Waals surface area (Å²) in [6, 6.07) is 27.5. The van der Waals surface area contributed by atoms with E-state index in [4.69, 9.17) is 0 Å². The highest BCUT2D eigenvalue weighted by Gasteiger charge is 2.12. The zero-order valence-corrected chi connectivity index (χ0v) is 14.5. The van der Waals surface area contributed by atoms with Crippen molar-refractivity contribution in [1.82, 2.24) is 9.55 Å². The highest BCUT2D eigenvalue weighted by Crippen LogP contribution is 2.29. The van der Waals surface area contributed by atoms with Gasteiger partial charge in [-0.3, -0.25) is 0 Å². The molecule has 0 bridgehead atoms. The molecule has 1 aromatic heterocycles. The van der Waals surface area contributed by atoms with Crippen LogP contribution in [0.2, 0.25) is 0 Å².